The number of carbonyl (C=O) groups is 2. The summed E-state index contributed by atoms with van der Waals surface area (Å²) in [6, 6.07) is 7.10. The summed E-state index contributed by atoms with van der Waals surface area (Å²) in [5, 5.41) is 21.0. The summed E-state index contributed by atoms with van der Waals surface area (Å²) in [6.45, 7) is 0.0973. The van der Waals surface area contributed by atoms with Crippen LogP contribution in [-0.4, -0.2) is 46.8 Å². The van der Waals surface area contributed by atoms with E-state index in [1.165, 1.54) is 0 Å². The first-order valence-corrected chi connectivity index (χ1v) is 7.14. The van der Waals surface area contributed by atoms with Crippen LogP contribution in [0.5, 0.6) is 0 Å². The zero-order chi connectivity index (χ0) is 16.5. The van der Waals surface area contributed by atoms with Gasteiger partial charge in [0.25, 0.3) is 0 Å². The molecule has 1 aromatic rings. The van der Waals surface area contributed by atoms with Gasteiger partial charge in [-0.3, -0.25) is 4.79 Å². The van der Waals surface area contributed by atoms with Gasteiger partial charge < -0.3 is 27.0 Å². The molecule has 0 spiro atoms. The van der Waals surface area contributed by atoms with Crippen LogP contribution in [0.3, 0.4) is 0 Å². The Balaban J connectivity index is 2.55. The molecular weight excluding hydrogens is 286 g/mol. The van der Waals surface area contributed by atoms with Crippen LogP contribution >= 0.6 is 0 Å². The van der Waals surface area contributed by atoms with Crippen LogP contribution in [0.4, 0.5) is 0 Å². The SMILES string of the molecule is NC[C@H](O)CC[C@H](N)C(=O)N[C@@H](Cc1ccccc1)C(=O)O. The predicted octanol–water partition coefficient (Wildman–Crippen LogP) is -0.774. The largest absolute Gasteiger partial charge is 0.480 e. The van der Waals surface area contributed by atoms with Gasteiger partial charge >= 0.3 is 5.97 Å². The Labute approximate surface area is 129 Å². The van der Waals surface area contributed by atoms with E-state index in [9.17, 15) is 19.8 Å². The molecule has 1 aromatic carbocycles. The topological polar surface area (TPSA) is 139 Å². The van der Waals surface area contributed by atoms with Crippen molar-refractivity contribution in [3.8, 4) is 0 Å². The maximum Gasteiger partial charge on any atom is 0.326 e. The van der Waals surface area contributed by atoms with Gasteiger partial charge in [-0.25, -0.2) is 4.79 Å². The van der Waals surface area contributed by atoms with Crippen LogP contribution in [0, 0.1) is 0 Å². The summed E-state index contributed by atoms with van der Waals surface area (Å²) >= 11 is 0. The molecule has 1 rings (SSSR count). The average molecular weight is 309 g/mol. The van der Waals surface area contributed by atoms with E-state index in [0.717, 1.165) is 5.56 Å². The lowest BCUT2D eigenvalue weighted by Crippen LogP contribution is -2.49. The second kappa shape index (κ2) is 9.14. The van der Waals surface area contributed by atoms with E-state index < -0.39 is 30.1 Å². The van der Waals surface area contributed by atoms with Crippen molar-refractivity contribution in [3.63, 3.8) is 0 Å². The first kappa shape index (κ1) is 18.1. The highest BCUT2D eigenvalue weighted by Gasteiger charge is 2.23. The van der Waals surface area contributed by atoms with E-state index in [1.807, 2.05) is 6.07 Å². The fourth-order valence-corrected chi connectivity index (χ4v) is 1.95. The van der Waals surface area contributed by atoms with E-state index in [-0.39, 0.29) is 19.4 Å². The fraction of sp³-hybridized carbons (Fsp3) is 0.467. The number of carboxylic acid groups (broad SMARTS) is 1. The Morgan fingerprint density at radius 2 is 1.82 bits per heavy atom. The van der Waals surface area contributed by atoms with Gasteiger partial charge in [0.1, 0.15) is 6.04 Å². The normalized spacial score (nSPS) is 14.9. The number of carbonyl (C=O) groups excluding carboxylic acids is 1. The summed E-state index contributed by atoms with van der Waals surface area (Å²) in [4.78, 5) is 23.2. The van der Waals surface area contributed by atoms with Gasteiger partial charge in [-0.2, -0.15) is 0 Å². The zero-order valence-electron chi connectivity index (χ0n) is 12.3. The number of amides is 1. The zero-order valence-corrected chi connectivity index (χ0v) is 12.3. The maximum atomic E-state index is 11.9. The first-order chi connectivity index (χ1) is 10.4. The molecule has 0 saturated carbocycles. The summed E-state index contributed by atoms with van der Waals surface area (Å²) in [5.41, 5.74) is 11.8. The average Bonchev–Trinajstić information content (AvgIpc) is 2.52. The molecule has 0 aliphatic heterocycles. The number of rotatable bonds is 9. The molecule has 122 valence electrons. The van der Waals surface area contributed by atoms with Gasteiger partial charge in [0, 0.05) is 13.0 Å². The minimum atomic E-state index is -1.12. The van der Waals surface area contributed by atoms with Gasteiger partial charge in [-0.15, -0.1) is 0 Å². The third-order valence-corrected chi connectivity index (χ3v) is 3.32. The summed E-state index contributed by atoms with van der Waals surface area (Å²) in [7, 11) is 0. The third kappa shape index (κ3) is 6.21. The Kier molecular flexibility index (Phi) is 7.51. The lowest BCUT2D eigenvalue weighted by atomic mass is 10.0. The van der Waals surface area contributed by atoms with Crippen molar-refractivity contribution in [2.75, 3.05) is 6.54 Å². The molecule has 7 heteroatoms. The Morgan fingerprint density at radius 1 is 1.18 bits per heavy atom. The molecule has 0 heterocycles. The molecule has 0 saturated heterocycles. The molecule has 7 N–H and O–H groups in total. The minimum Gasteiger partial charge on any atom is -0.480 e. The Morgan fingerprint density at radius 3 is 2.36 bits per heavy atom. The number of hydrogen-bond acceptors (Lipinski definition) is 5. The lowest BCUT2D eigenvalue weighted by molar-refractivity contribution is -0.142. The van der Waals surface area contributed by atoms with Crippen molar-refractivity contribution in [2.24, 2.45) is 11.5 Å². The summed E-state index contributed by atoms with van der Waals surface area (Å²) in [5.74, 6) is -1.67. The van der Waals surface area contributed by atoms with Crippen LogP contribution in [0.15, 0.2) is 30.3 Å². The number of aliphatic carboxylic acids is 1. The molecule has 0 radical (unpaired) electrons. The van der Waals surface area contributed by atoms with Crippen molar-refractivity contribution in [1.82, 2.24) is 5.32 Å². The molecule has 0 bridgehead atoms. The molecular formula is C15H23N3O4. The van der Waals surface area contributed by atoms with Gasteiger partial charge in [0.2, 0.25) is 5.91 Å². The monoisotopic (exact) mass is 309 g/mol. The standard InChI is InChI=1S/C15H23N3O4/c16-9-11(19)6-7-12(17)14(20)18-13(15(21)22)8-10-4-2-1-3-5-10/h1-5,11-13,19H,6-9,16-17H2,(H,18,20)(H,21,22)/t11-,12+,13+/m1/s1. The molecule has 22 heavy (non-hydrogen) atoms. The first-order valence-electron chi connectivity index (χ1n) is 7.14. The number of nitrogens with one attached hydrogen (secondary N) is 1. The number of hydrogen-bond donors (Lipinski definition) is 5. The molecule has 3 atom stereocenters. The van der Waals surface area contributed by atoms with E-state index in [4.69, 9.17) is 11.5 Å². The number of aliphatic hydroxyl groups excluding tert-OH is 1. The van der Waals surface area contributed by atoms with E-state index in [2.05, 4.69) is 5.32 Å². The third-order valence-electron chi connectivity index (χ3n) is 3.32. The van der Waals surface area contributed by atoms with Crippen molar-refractivity contribution in [3.05, 3.63) is 35.9 Å². The van der Waals surface area contributed by atoms with E-state index in [0.29, 0.717) is 6.42 Å². The molecule has 0 fully saturated rings. The molecule has 0 aliphatic carbocycles. The Bertz CT molecular complexity index is 481. The van der Waals surface area contributed by atoms with Crippen LogP contribution in [0.1, 0.15) is 18.4 Å². The fourth-order valence-electron chi connectivity index (χ4n) is 1.95. The van der Waals surface area contributed by atoms with Gasteiger partial charge in [0.15, 0.2) is 0 Å². The summed E-state index contributed by atoms with van der Waals surface area (Å²) in [6.07, 6.45) is 0.00197. The molecule has 1 amide bonds. The van der Waals surface area contributed by atoms with Crippen LogP contribution < -0.4 is 16.8 Å². The van der Waals surface area contributed by atoms with Crippen LogP contribution in [0.25, 0.3) is 0 Å². The van der Waals surface area contributed by atoms with Gasteiger partial charge in [-0.05, 0) is 18.4 Å². The van der Waals surface area contributed by atoms with Crippen molar-refractivity contribution in [1.29, 1.82) is 0 Å². The molecule has 0 aromatic heterocycles. The smallest absolute Gasteiger partial charge is 0.326 e. The number of nitrogens with two attached hydrogens (primary N) is 2. The van der Waals surface area contributed by atoms with Crippen molar-refractivity contribution < 1.29 is 19.8 Å². The van der Waals surface area contributed by atoms with Crippen LogP contribution in [0.2, 0.25) is 0 Å². The van der Waals surface area contributed by atoms with E-state index in [1.54, 1.807) is 24.3 Å². The number of carboxylic acids is 1. The van der Waals surface area contributed by atoms with Crippen LogP contribution in [-0.2, 0) is 16.0 Å². The summed E-state index contributed by atoms with van der Waals surface area (Å²) < 4.78 is 0. The van der Waals surface area contributed by atoms with Gasteiger partial charge in [0.05, 0.1) is 12.1 Å². The molecule has 7 nitrogen and oxygen atoms in total. The lowest BCUT2D eigenvalue weighted by Gasteiger charge is -2.18. The maximum absolute atomic E-state index is 11.9. The van der Waals surface area contributed by atoms with Crippen molar-refractivity contribution >= 4 is 11.9 Å². The molecule has 0 unspecified atom stereocenters. The second-order valence-corrected chi connectivity index (χ2v) is 5.16. The number of aliphatic hydroxyl groups is 1. The molecule has 0 aliphatic rings. The minimum absolute atomic E-state index is 0.0973. The predicted molar refractivity (Wildman–Crippen MR) is 82.0 cm³/mol. The highest BCUT2D eigenvalue weighted by atomic mass is 16.4. The quantitative estimate of drug-likeness (QED) is 0.406. The number of benzene rings is 1. The van der Waals surface area contributed by atoms with Gasteiger partial charge in [-0.1, -0.05) is 30.3 Å². The van der Waals surface area contributed by atoms with E-state index >= 15 is 0 Å². The second-order valence-electron chi connectivity index (χ2n) is 5.16. The Hall–Kier alpha value is -1.96. The highest BCUT2D eigenvalue weighted by molar-refractivity contribution is 5.86. The van der Waals surface area contributed by atoms with Crippen molar-refractivity contribution in [2.45, 2.75) is 37.5 Å². The highest BCUT2D eigenvalue weighted by Crippen LogP contribution is 2.05.